The number of anilines is 1. The number of nitrogens with one attached hydrogen (secondary N) is 1. The van der Waals surface area contributed by atoms with Gasteiger partial charge in [0.1, 0.15) is 0 Å². The average Bonchev–Trinajstić information content (AvgIpc) is 2.94. The molecular formula is C14H19N5O. The fraction of sp³-hybridized carbons (Fsp3) is 0.429. The predicted molar refractivity (Wildman–Crippen MR) is 76.3 cm³/mol. The second-order valence-corrected chi connectivity index (χ2v) is 5.43. The summed E-state index contributed by atoms with van der Waals surface area (Å²) >= 11 is 0. The lowest BCUT2D eigenvalue weighted by atomic mass is 9.85. The van der Waals surface area contributed by atoms with E-state index >= 15 is 0 Å². The lowest BCUT2D eigenvalue weighted by Crippen LogP contribution is -2.47. The Hall–Kier alpha value is -2.24. The number of carbonyl (C=O) groups excluding carboxylic acids is 1. The summed E-state index contributed by atoms with van der Waals surface area (Å²) in [7, 11) is 0. The molecule has 6 heteroatoms. The molecule has 0 radical (unpaired) electrons. The fourth-order valence-corrected chi connectivity index (χ4v) is 1.99. The molecule has 0 saturated heterocycles. The Labute approximate surface area is 118 Å². The van der Waals surface area contributed by atoms with E-state index in [2.05, 4.69) is 20.2 Å². The topological polar surface area (TPSA) is 74.8 Å². The molecule has 0 saturated carbocycles. The van der Waals surface area contributed by atoms with E-state index in [0.29, 0.717) is 5.95 Å². The minimum Gasteiger partial charge on any atom is -0.285 e. The summed E-state index contributed by atoms with van der Waals surface area (Å²) in [4.78, 5) is 22.9. The van der Waals surface area contributed by atoms with Crippen molar-refractivity contribution >= 4 is 11.9 Å². The van der Waals surface area contributed by atoms with Crippen LogP contribution in [0.15, 0.2) is 30.9 Å². The SMILES string of the molecule is CC(C)N(C(=O)C(C)(C)c1cn[nH]c1)c1ncccn1. The van der Waals surface area contributed by atoms with Gasteiger partial charge in [0.05, 0.1) is 11.6 Å². The minimum absolute atomic E-state index is 0.0314. The maximum atomic E-state index is 12.9. The van der Waals surface area contributed by atoms with Crippen molar-refractivity contribution in [1.29, 1.82) is 0 Å². The van der Waals surface area contributed by atoms with E-state index in [9.17, 15) is 4.79 Å². The quantitative estimate of drug-likeness (QED) is 0.923. The van der Waals surface area contributed by atoms with Crippen LogP contribution in [0, 0.1) is 0 Å². The molecule has 20 heavy (non-hydrogen) atoms. The van der Waals surface area contributed by atoms with Crippen LogP contribution < -0.4 is 4.90 Å². The van der Waals surface area contributed by atoms with Gasteiger partial charge in [-0.2, -0.15) is 5.10 Å². The Bertz CT molecular complexity index is 563. The van der Waals surface area contributed by atoms with E-state index in [1.54, 1.807) is 35.8 Å². The molecule has 0 spiro atoms. The zero-order valence-corrected chi connectivity index (χ0v) is 12.2. The first kappa shape index (κ1) is 14.2. The molecule has 0 bridgehead atoms. The lowest BCUT2D eigenvalue weighted by molar-refractivity contribution is -0.123. The van der Waals surface area contributed by atoms with Gasteiger partial charge in [0, 0.05) is 30.2 Å². The van der Waals surface area contributed by atoms with Crippen LogP contribution in [-0.2, 0) is 10.2 Å². The number of nitrogens with zero attached hydrogens (tertiary/aromatic N) is 4. The van der Waals surface area contributed by atoms with Gasteiger partial charge in [-0.25, -0.2) is 9.97 Å². The molecule has 0 aliphatic heterocycles. The molecule has 2 heterocycles. The van der Waals surface area contributed by atoms with Crippen molar-refractivity contribution < 1.29 is 4.79 Å². The van der Waals surface area contributed by atoms with E-state index in [0.717, 1.165) is 5.56 Å². The van der Waals surface area contributed by atoms with E-state index < -0.39 is 5.41 Å². The second-order valence-electron chi connectivity index (χ2n) is 5.43. The van der Waals surface area contributed by atoms with Gasteiger partial charge in [0.15, 0.2) is 0 Å². The van der Waals surface area contributed by atoms with Gasteiger partial charge in [-0.1, -0.05) is 0 Å². The highest BCUT2D eigenvalue weighted by Crippen LogP contribution is 2.27. The van der Waals surface area contributed by atoms with Crippen molar-refractivity contribution in [3.05, 3.63) is 36.4 Å². The summed E-state index contributed by atoms with van der Waals surface area (Å²) < 4.78 is 0. The molecule has 2 aromatic heterocycles. The zero-order valence-electron chi connectivity index (χ0n) is 12.2. The predicted octanol–water partition coefficient (Wildman–Crippen LogP) is 1.92. The van der Waals surface area contributed by atoms with E-state index in [4.69, 9.17) is 0 Å². The van der Waals surface area contributed by atoms with Crippen molar-refractivity contribution in [2.75, 3.05) is 4.90 Å². The van der Waals surface area contributed by atoms with Gasteiger partial charge >= 0.3 is 0 Å². The summed E-state index contributed by atoms with van der Waals surface area (Å²) in [5.41, 5.74) is 0.139. The molecule has 2 rings (SSSR count). The van der Waals surface area contributed by atoms with Gasteiger partial charge in [0.25, 0.3) is 0 Å². The van der Waals surface area contributed by atoms with Gasteiger partial charge in [-0.3, -0.25) is 14.8 Å². The number of amides is 1. The molecule has 0 aromatic carbocycles. The summed E-state index contributed by atoms with van der Waals surface area (Å²) in [6.45, 7) is 7.64. The molecule has 0 aliphatic carbocycles. The monoisotopic (exact) mass is 273 g/mol. The number of hydrogen-bond donors (Lipinski definition) is 1. The summed E-state index contributed by atoms with van der Waals surface area (Å²) in [6.07, 6.45) is 6.68. The number of hydrogen-bond acceptors (Lipinski definition) is 4. The van der Waals surface area contributed by atoms with E-state index in [-0.39, 0.29) is 11.9 Å². The maximum Gasteiger partial charge on any atom is 0.239 e. The van der Waals surface area contributed by atoms with E-state index in [1.807, 2.05) is 27.7 Å². The first-order chi connectivity index (χ1) is 9.44. The molecular weight excluding hydrogens is 254 g/mol. The van der Waals surface area contributed by atoms with Crippen LogP contribution >= 0.6 is 0 Å². The highest BCUT2D eigenvalue weighted by molar-refractivity contribution is 5.99. The Kier molecular flexibility index (Phi) is 3.83. The number of rotatable bonds is 4. The molecule has 6 nitrogen and oxygen atoms in total. The number of aromatic amines is 1. The molecule has 0 unspecified atom stereocenters. The Morgan fingerprint density at radius 1 is 1.30 bits per heavy atom. The fourth-order valence-electron chi connectivity index (χ4n) is 1.99. The second kappa shape index (κ2) is 5.40. The van der Waals surface area contributed by atoms with Crippen molar-refractivity contribution in [3.8, 4) is 0 Å². The molecule has 1 N–H and O–H groups in total. The Morgan fingerprint density at radius 2 is 1.95 bits per heavy atom. The van der Waals surface area contributed by atoms with Crippen molar-refractivity contribution in [1.82, 2.24) is 20.2 Å². The van der Waals surface area contributed by atoms with Crippen LogP contribution in [0.4, 0.5) is 5.95 Å². The highest BCUT2D eigenvalue weighted by atomic mass is 16.2. The Morgan fingerprint density at radius 3 is 2.45 bits per heavy atom. The van der Waals surface area contributed by atoms with Crippen LogP contribution in [0.1, 0.15) is 33.3 Å². The van der Waals surface area contributed by atoms with Crippen LogP contribution in [-0.4, -0.2) is 32.1 Å². The summed E-state index contributed by atoms with van der Waals surface area (Å²) in [5, 5.41) is 6.67. The molecule has 0 atom stereocenters. The van der Waals surface area contributed by atoms with Crippen LogP contribution in [0.2, 0.25) is 0 Å². The number of aromatic nitrogens is 4. The van der Waals surface area contributed by atoms with Crippen LogP contribution in [0.5, 0.6) is 0 Å². The third-order valence-electron chi connectivity index (χ3n) is 3.26. The first-order valence-corrected chi connectivity index (χ1v) is 6.54. The minimum atomic E-state index is -0.698. The molecule has 2 aromatic rings. The zero-order chi connectivity index (χ0) is 14.8. The van der Waals surface area contributed by atoms with Gasteiger partial charge in [0.2, 0.25) is 11.9 Å². The van der Waals surface area contributed by atoms with Crippen LogP contribution in [0.25, 0.3) is 0 Å². The summed E-state index contributed by atoms with van der Waals surface area (Å²) in [6, 6.07) is 1.70. The lowest BCUT2D eigenvalue weighted by Gasteiger charge is -2.32. The molecule has 0 aliphatic rings. The number of carbonyl (C=O) groups is 1. The van der Waals surface area contributed by atoms with Gasteiger partial charge in [-0.15, -0.1) is 0 Å². The smallest absolute Gasteiger partial charge is 0.239 e. The third-order valence-corrected chi connectivity index (χ3v) is 3.26. The molecule has 106 valence electrons. The van der Waals surface area contributed by atoms with Crippen molar-refractivity contribution in [3.63, 3.8) is 0 Å². The van der Waals surface area contributed by atoms with Gasteiger partial charge in [-0.05, 0) is 33.8 Å². The largest absolute Gasteiger partial charge is 0.285 e. The Balaban J connectivity index is 2.38. The molecule has 1 amide bonds. The van der Waals surface area contributed by atoms with E-state index in [1.165, 1.54) is 0 Å². The standard InChI is InChI=1S/C14H19N5O/c1-10(2)19(13-15-6-5-7-16-13)12(20)14(3,4)11-8-17-18-9-11/h5-10H,1-4H3,(H,17,18). The highest BCUT2D eigenvalue weighted by Gasteiger charge is 2.37. The molecule has 0 fully saturated rings. The van der Waals surface area contributed by atoms with Gasteiger partial charge < -0.3 is 0 Å². The third kappa shape index (κ3) is 2.54. The maximum absolute atomic E-state index is 12.9. The first-order valence-electron chi connectivity index (χ1n) is 6.54. The van der Waals surface area contributed by atoms with Crippen LogP contribution in [0.3, 0.4) is 0 Å². The van der Waals surface area contributed by atoms with Crippen molar-refractivity contribution in [2.45, 2.75) is 39.2 Å². The van der Waals surface area contributed by atoms with Crippen molar-refractivity contribution in [2.24, 2.45) is 0 Å². The number of H-pyrrole nitrogens is 1. The normalized spacial score (nSPS) is 11.7. The summed E-state index contributed by atoms with van der Waals surface area (Å²) in [5.74, 6) is 0.365. The average molecular weight is 273 g/mol.